The maximum absolute atomic E-state index is 10.4. The first kappa shape index (κ1) is 8.47. The summed E-state index contributed by atoms with van der Waals surface area (Å²) in [5.74, 6) is 0.141. The van der Waals surface area contributed by atoms with Gasteiger partial charge in [-0.25, -0.2) is 0 Å². The van der Waals surface area contributed by atoms with Crippen LogP contribution in [-0.4, -0.2) is 17.5 Å². The standard InChI is InChI=1S/C9H14O2/c1-2-3-7-4-5-8(6-10)9(7)11/h2,6-9,11H,1,3-5H2. The van der Waals surface area contributed by atoms with Crippen molar-refractivity contribution in [3.05, 3.63) is 12.7 Å². The van der Waals surface area contributed by atoms with E-state index >= 15 is 0 Å². The Kier molecular flexibility index (Phi) is 2.83. The van der Waals surface area contributed by atoms with Gasteiger partial charge < -0.3 is 9.90 Å². The third-order valence-corrected chi connectivity index (χ3v) is 2.44. The third-order valence-electron chi connectivity index (χ3n) is 2.44. The number of allylic oxidation sites excluding steroid dienone is 1. The zero-order valence-electron chi connectivity index (χ0n) is 6.57. The molecule has 3 unspecified atom stereocenters. The van der Waals surface area contributed by atoms with E-state index in [1.165, 1.54) is 0 Å². The second-order valence-electron chi connectivity index (χ2n) is 3.15. The van der Waals surface area contributed by atoms with Crippen LogP contribution in [0.3, 0.4) is 0 Å². The van der Waals surface area contributed by atoms with Crippen molar-refractivity contribution in [3.8, 4) is 0 Å². The van der Waals surface area contributed by atoms with Crippen LogP contribution in [-0.2, 0) is 4.79 Å². The van der Waals surface area contributed by atoms with E-state index in [9.17, 15) is 9.90 Å². The number of hydrogen-bond donors (Lipinski definition) is 1. The number of carbonyl (C=O) groups excluding carboxylic acids is 1. The van der Waals surface area contributed by atoms with E-state index in [2.05, 4.69) is 6.58 Å². The van der Waals surface area contributed by atoms with Gasteiger partial charge in [-0.1, -0.05) is 6.08 Å². The maximum Gasteiger partial charge on any atom is 0.125 e. The maximum atomic E-state index is 10.4. The first-order valence-corrected chi connectivity index (χ1v) is 4.04. The van der Waals surface area contributed by atoms with Gasteiger partial charge in [-0.2, -0.15) is 0 Å². The van der Waals surface area contributed by atoms with Crippen molar-refractivity contribution >= 4 is 6.29 Å². The monoisotopic (exact) mass is 154 g/mol. The fourth-order valence-electron chi connectivity index (χ4n) is 1.72. The van der Waals surface area contributed by atoms with E-state index < -0.39 is 6.10 Å². The van der Waals surface area contributed by atoms with Crippen LogP contribution >= 0.6 is 0 Å². The highest BCUT2D eigenvalue weighted by Gasteiger charge is 2.33. The van der Waals surface area contributed by atoms with Gasteiger partial charge in [-0.3, -0.25) is 0 Å². The van der Waals surface area contributed by atoms with Crippen molar-refractivity contribution < 1.29 is 9.90 Å². The van der Waals surface area contributed by atoms with Gasteiger partial charge in [0.05, 0.1) is 6.10 Å². The molecule has 0 bridgehead atoms. The topological polar surface area (TPSA) is 37.3 Å². The average molecular weight is 154 g/mol. The fraction of sp³-hybridized carbons (Fsp3) is 0.667. The second-order valence-corrected chi connectivity index (χ2v) is 3.15. The summed E-state index contributed by atoms with van der Waals surface area (Å²) in [6.45, 7) is 3.61. The molecule has 2 heteroatoms. The number of aliphatic hydroxyl groups is 1. The molecule has 11 heavy (non-hydrogen) atoms. The molecule has 0 amide bonds. The van der Waals surface area contributed by atoms with Crippen molar-refractivity contribution in [2.24, 2.45) is 11.8 Å². The Hall–Kier alpha value is -0.630. The summed E-state index contributed by atoms with van der Waals surface area (Å²) in [6.07, 6.45) is 4.87. The Labute approximate surface area is 66.9 Å². The zero-order chi connectivity index (χ0) is 8.27. The Morgan fingerprint density at radius 1 is 1.55 bits per heavy atom. The van der Waals surface area contributed by atoms with Crippen LogP contribution in [0.4, 0.5) is 0 Å². The Balaban J connectivity index is 2.47. The average Bonchev–Trinajstić information content (AvgIpc) is 2.34. The predicted octanol–water partition coefficient (Wildman–Crippen LogP) is 1.15. The lowest BCUT2D eigenvalue weighted by molar-refractivity contribution is -0.113. The SMILES string of the molecule is C=CCC1CCC(C=O)C1O. The van der Waals surface area contributed by atoms with E-state index in [0.29, 0.717) is 0 Å². The molecule has 0 aromatic carbocycles. The molecule has 1 saturated carbocycles. The van der Waals surface area contributed by atoms with Crippen molar-refractivity contribution in [2.45, 2.75) is 25.4 Å². The lowest BCUT2D eigenvalue weighted by Gasteiger charge is -2.13. The van der Waals surface area contributed by atoms with Gasteiger partial charge in [0.25, 0.3) is 0 Å². The molecule has 1 N–H and O–H groups in total. The van der Waals surface area contributed by atoms with Crippen LogP contribution < -0.4 is 0 Å². The minimum absolute atomic E-state index is 0.125. The van der Waals surface area contributed by atoms with E-state index in [1.807, 2.05) is 0 Å². The summed E-state index contributed by atoms with van der Waals surface area (Å²) in [7, 11) is 0. The molecule has 0 aromatic rings. The van der Waals surface area contributed by atoms with E-state index in [-0.39, 0.29) is 11.8 Å². The van der Waals surface area contributed by atoms with Crippen LogP contribution in [0.5, 0.6) is 0 Å². The molecule has 0 aliphatic heterocycles. The molecule has 1 aliphatic carbocycles. The molecule has 3 atom stereocenters. The molecule has 1 fully saturated rings. The lowest BCUT2D eigenvalue weighted by atomic mass is 9.99. The molecular weight excluding hydrogens is 140 g/mol. The van der Waals surface area contributed by atoms with Gasteiger partial charge in [-0.15, -0.1) is 6.58 Å². The van der Waals surface area contributed by atoms with Crippen LogP contribution in [0.15, 0.2) is 12.7 Å². The van der Waals surface area contributed by atoms with Crippen LogP contribution in [0, 0.1) is 11.8 Å². The number of rotatable bonds is 3. The Bertz CT molecular complexity index is 154. The second kappa shape index (κ2) is 3.67. The molecule has 1 rings (SSSR count). The molecule has 0 heterocycles. The van der Waals surface area contributed by atoms with E-state index in [0.717, 1.165) is 25.5 Å². The molecule has 0 radical (unpaired) electrons. The third kappa shape index (κ3) is 1.69. The zero-order valence-corrected chi connectivity index (χ0v) is 6.57. The number of hydrogen-bond acceptors (Lipinski definition) is 2. The molecule has 0 spiro atoms. The highest BCUT2D eigenvalue weighted by molar-refractivity contribution is 5.55. The number of aliphatic hydroxyl groups excluding tert-OH is 1. The lowest BCUT2D eigenvalue weighted by Crippen LogP contribution is -2.21. The van der Waals surface area contributed by atoms with Gasteiger partial charge >= 0.3 is 0 Å². The summed E-state index contributed by atoms with van der Waals surface area (Å²) in [5.41, 5.74) is 0. The predicted molar refractivity (Wildman–Crippen MR) is 43.1 cm³/mol. The largest absolute Gasteiger partial charge is 0.392 e. The first-order valence-electron chi connectivity index (χ1n) is 4.04. The number of aldehydes is 1. The summed E-state index contributed by atoms with van der Waals surface area (Å²) in [5, 5.41) is 9.50. The first-order chi connectivity index (χ1) is 5.29. The minimum atomic E-state index is -0.425. The van der Waals surface area contributed by atoms with Gasteiger partial charge in [-0.05, 0) is 25.2 Å². The molecule has 0 aromatic heterocycles. The van der Waals surface area contributed by atoms with Gasteiger partial charge in [0.1, 0.15) is 6.29 Å². The smallest absolute Gasteiger partial charge is 0.125 e. The van der Waals surface area contributed by atoms with Crippen molar-refractivity contribution in [1.29, 1.82) is 0 Å². The van der Waals surface area contributed by atoms with E-state index in [4.69, 9.17) is 0 Å². The highest BCUT2D eigenvalue weighted by atomic mass is 16.3. The molecular formula is C9H14O2. The Morgan fingerprint density at radius 2 is 2.27 bits per heavy atom. The van der Waals surface area contributed by atoms with Crippen LogP contribution in [0.1, 0.15) is 19.3 Å². The summed E-state index contributed by atoms with van der Waals surface area (Å²) >= 11 is 0. The molecule has 2 nitrogen and oxygen atoms in total. The van der Waals surface area contributed by atoms with Gasteiger partial charge in [0, 0.05) is 5.92 Å². The minimum Gasteiger partial charge on any atom is -0.392 e. The summed E-state index contributed by atoms with van der Waals surface area (Å²) in [4.78, 5) is 10.4. The van der Waals surface area contributed by atoms with Crippen molar-refractivity contribution in [1.82, 2.24) is 0 Å². The molecule has 1 aliphatic rings. The van der Waals surface area contributed by atoms with E-state index in [1.54, 1.807) is 6.08 Å². The quantitative estimate of drug-likeness (QED) is 0.489. The van der Waals surface area contributed by atoms with Crippen molar-refractivity contribution in [3.63, 3.8) is 0 Å². The van der Waals surface area contributed by atoms with Gasteiger partial charge in [0.2, 0.25) is 0 Å². The van der Waals surface area contributed by atoms with Crippen LogP contribution in [0.25, 0.3) is 0 Å². The molecule has 62 valence electrons. The molecule has 0 saturated heterocycles. The summed E-state index contributed by atoms with van der Waals surface area (Å²) in [6, 6.07) is 0. The number of carbonyl (C=O) groups is 1. The van der Waals surface area contributed by atoms with Crippen molar-refractivity contribution in [2.75, 3.05) is 0 Å². The van der Waals surface area contributed by atoms with Crippen LogP contribution in [0.2, 0.25) is 0 Å². The van der Waals surface area contributed by atoms with Gasteiger partial charge in [0.15, 0.2) is 0 Å². The normalized spacial score (nSPS) is 37.0. The highest BCUT2D eigenvalue weighted by Crippen LogP contribution is 2.32. The summed E-state index contributed by atoms with van der Waals surface area (Å²) < 4.78 is 0. The Morgan fingerprint density at radius 3 is 2.73 bits per heavy atom. The fourth-order valence-corrected chi connectivity index (χ4v) is 1.72.